The normalized spacial score (nSPS) is 22.9. The van der Waals surface area contributed by atoms with Gasteiger partial charge in [0, 0.05) is 12.1 Å². The summed E-state index contributed by atoms with van der Waals surface area (Å²) in [7, 11) is 0. The number of nitrogens with two attached hydrogens (primary N) is 1. The molecule has 6 nitrogen and oxygen atoms in total. The first-order chi connectivity index (χ1) is 9.63. The number of aromatic carboxylic acids is 1. The molecule has 2 atom stereocenters. The zero-order valence-electron chi connectivity index (χ0n) is 11.0. The fraction of sp³-hybridized carbons (Fsp3) is 0.429. The lowest BCUT2D eigenvalue weighted by Crippen LogP contribution is -2.42. The Morgan fingerprint density at radius 2 is 2.20 bits per heavy atom. The van der Waals surface area contributed by atoms with Gasteiger partial charge < -0.3 is 20.6 Å². The highest BCUT2D eigenvalue weighted by molar-refractivity contribution is 5.92. The molecule has 2 unspecified atom stereocenters. The van der Waals surface area contributed by atoms with E-state index >= 15 is 0 Å². The number of oxazole rings is 1. The molecule has 0 saturated heterocycles. The maximum atomic E-state index is 10.9. The minimum atomic E-state index is -0.980. The van der Waals surface area contributed by atoms with Crippen LogP contribution in [0.1, 0.15) is 36.0 Å². The second-order valence-corrected chi connectivity index (χ2v) is 5.21. The molecule has 20 heavy (non-hydrogen) atoms. The van der Waals surface area contributed by atoms with Crippen molar-refractivity contribution in [1.29, 1.82) is 0 Å². The van der Waals surface area contributed by atoms with Crippen molar-refractivity contribution in [2.45, 2.75) is 37.8 Å². The number of hydrogen-bond acceptors (Lipinski definition) is 5. The third kappa shape index (κ3) is 2.46. The predicted molar refractivity (Wildman–Crippen MR) is 74.8 cm³/mol. The third-order valence-electron chi connectivity index (χ3n) is 3.76. The summed E-state index contributed by atoms with van der Waals surface area (Å²) >= 11 is 0. The molecule has 1 aliphatic carbocycles. The van der Waals surface area contributed by atoms with Crippen LogP contribution in [0, 0.1) is 0 Å². The standard InChI is InChI=1S/C14H17N3O3/c15-9-3-1-2-4-10(9)16-14-17-11-6-5-8(13(18)19)7-12(11)20-14/h5-7,9-10H,1-4,15H2,(H,16,17)(H,18,19). The number of carboxylic acid groups (broad SMARTS) is 1. The lowest BCUT2D eigenvalue weighted by Gasteiger charge is -2.28. The van der Waals surface area contributed by atoms with Crippen molar-refractivity contribution in [2.75, 3.05) is 5.32 Å². The van der Waals surface area contributed by atoms with Crippen LogP contribution < -0.4 is 11.1 Å². The zero-order chi connectivity index (χ0) is 14.1. The Morgan fingerprint density at radius 1 is 1.40 bits per heavy atom. The van der Waals surface area contributed by atoms with Gasteiger partial charge in [-0.3, -0.25) is 0 Å². The van der Waals surface area contributed by atoms with Gasteiger partial charge in [-0.05, 0) is 31.0 Å². The molecular weight excluding hydrogens is 258 g/mol. The number of carbonyl (C=O) groups is 1. The van der Waals surface area contributed by atoms with Crippen molar-refractivity contribution in [3.63, 3.8) is 0 Å². The van der Waals surface area contributed by atoms with E-state index in [9.17, 15) is 4.79 Å². The van der Waals surface area contributed by atoms with Gasteiger partial charge in [-0.25, -0.2) is 4.79 Å². The van der Waals surface area contributed by atoms with Crippen LogP contribution in [0.15, 0.2) is 22.6 Å². The molecule has 1 saturated carbocycles. The van der Waals surface area contributed by atoms with Gasteiger partial charge in [-0.2, -0.15) is 4.98 Å². The summed E-state index contributed by atoms with van der Waals surface area (Å²) < 4.78 is 5.57. The fourth-order valence-electron chi connectivity index (χ4n) is 2.62. The molecule has 1 heterocycles. The van der Waals surface area contributed by atoms with E-state index in [1.807, 2.05) is 0 Å². The minimum absolute atomic E-state index is 0.105. The number of aromatic nitrogens is 1. The quantitative estimate of drug-likeness (QED) is 0.793. The Labute approximate surface area is 116 Å². The molecule has 2 aromatic rings. The summed E-state index contributed by atoms with van der Waals surface area (Å²) in [6.07, 6.45) is 4.31. The summed E-state index contributed by atoms with van der Waals surface area (Å²) in [6.45, 7) is 0. The predicted octanol–water partition coefficient (Wildman–Crippen LogP) is 2.21. The highest BCUT2D eigenvalue weighted by Gasteiger charge is 2.23. The van der Waals surface area contributed by atoms with E-state index in [-0.39, 0.29) is 17.6 Å². The van der Waals surface area contributed by atoms with Gasteiger partial charge in [-0.1, -0.05) is 12.8 Å². The maximum absolute atomic E-state index is 10.9. The number of hydrogen-bond donors (Lipinski definition) is 3. The molecule has 3 rings (SSSR count). The highest BCUT2D eigenvalue weighted by atomic mass is 16.4. The van der Waals surface area contributed by atoms with Crippen LogP contribution in [0.2, 0.25) is 0 Å². The van der Waals surface area contributed by atoms with Crippen molar-refractivity contribution in [3.8, 4) is 0 Å². The second kappa shape index (κ2) is 5.13. The Hall–Kier alpha value is -2.08. The van der Waals surface area contributed by atoms with Crippen LogP contribution in [0.5, 0.6) is 0 Å². The lowest BCUT2D eigenvalue weighted by atomic mass is 9.91. The molecule has 4 N–H and O–H groups in total. The van der Waals surface area contributed by atoms with Crippen molar-refractivity contribution in [2.24, 2.45) is 5.73 Å². The summed E-state index contributed by atoms with van der Waals surface area (Å²) in [5.74, 6) is -0.980. The fourth-order valence-corrected chi connectivity index (χ4v) is 2.62. The monoisotopic (exact) mass is 275 g/mol. The molecular formula is C14H17N3O3. The first-order valence-electron chi connectivity index (χ1n) is 6.79. The number of nitrogens with zero attached hydrogens (tertiary/aromatic N) is 1. The number of anilines is 1. The van der Waals surface area contributed by atoms with E-state index in [0.29, 0.717) is 17.1 Å². The van der Waals surface area contributed by atoms with E-state index in [1.54, 1.807) is 6.07 Å². The topological polar surface area (TPSA) is 101 Å². The first kappa shape index (κ1) is 12.9. The van der Waals surface area contributed by atoms with E-state index in [4.69, 9.17) is 15.3 Å². The number of benzene rings is 1. The molecule has 0 aliphatic heterocycles. The maximum Gasteiger partial charge on any atom is 0.335 e. The summed E-state index contributed by atoms with van der Waals surface area (Å²) in [4.78, 5) is 15.2. The molecule has 1 aromatic carbocycles. The molecule has 1 aromatic heterocycles. The molecule has 1 fully saturated rings. The number of nitrogens with one attached hydrogen (secondary N) is 1. The molecule has 0 radical (unpaired) electrons. The van der Waals surface area contributed by atoms with Gasteiger partial charge in [0.25, 0.3) is 6.01 Å². The van der Waals surface area contributed by atoms with Crippen molar-refractivity contribution in [1.82, 2.24) is 4.98 Å². The molecule has 0 amide bonds. The SMILES string of the molecule is NC1CCCCC1Nc1nc2ccc(C(=O)O)cc2o1. The number of rotatable bonds is 3. The van der Waals surface area contributed by atoms with Crippen LogP contribution in [0.4, 0.5) is 6.01 Å². The minimum Gasteiger partial charge on any atom is -0.478 e. The van der Waals surface area contributed by atoms with Gasteiger partial charge in [0.2, 0.25) is 0 Å². The lowest BCUT2D eigenvalue weighted by molar-refractivity contribution is 0.0697. The van der Waals surface area contributed by atoms with Crippen LogP contribution >= 0.6 is 0 Å². The Morgan fingerprint density at radius 3 is 2.95 bits per heavy atom. The first-order valence-corrected chi connectivity index (χ1v) is 6.79. The van der Waals surface area contributed by atoms with Gasteiger partial charge in [0.05, 0.1) is 5.56 Å². The molecule has 1 aliphatic rings. The van der Waals surface area contributed by atoms with Crippen LogP contribution in [-0.2, 0) is 0 Å². The van der Waals surface area contributed by atoms with Crippen molar-refractivity contribution >= 4 is 23.1 Å². The van der Waals surface area contributed by atoms with Crippen LogP contribution in [0.25, 0.3) is 11.1 Å². The highest BCUT2D eigenvalue weighted by Crippen LogP contribution is 2.24. The van der Waals surface area contributed by atoms with E-state index in [2.05, 4.69) is 10.3 Å². The molecule has 6 heteroatoms. The summed E-state index contributed by atoms with van der Waals surface area (Å²) in [5.41, 5.74) is 7.37. The Bertz CT molecular complexity index is 638. The zero-order valence-corrected chi connectivity index (χ0v) is 11.0. The van der Waals surface area contributed by atoms with Gasteiger partial charge in [0.1, 0.15) is 5.52 Å². The number of carboxylic acids is 1. The van der Waals surface area contributed by atoms with E-state index in [0.717, 1.165) is 25.7 Å². The van der Waals surface area contributed by atoms with Gasteiger partial charge >= 0.3 is 5.97 Å². The Kier molecular flexibility index (Phi) is 3.31. The average molecular weight is 275 g/mol. The van der Waals surface area contributed by atoms with Crippen molar-refractivity contribution < 1.29 is 14.3 Å². The summed E-state index contributed by atoms with van der Waals surface area (Å²) in [5, 5.41) is 12.2. The number of fused-ring (bicyclic) bond motifs is 1. The second-order valence-electron chi connectivity index (χ2n) is 5.21. The van der Waals surface area contributed by atoms with Crippen LogP contribution in [0.3, 0.4) is 0 Å². The van der Waals surface area contributed by atoms with Gasteiger partial charge in [0.15, 0.2) is 5.58 Å². The molecule has 0 bridgehead atoms. The van der Waals surface area contributed by atoms with Crippen molar-refractivity contribution in [3.05, 3.63) is 23.8 Å². The third-order valence-corrected chi connectivity index (χ3v) is 3.76. The van der Waals surface area contributed by atoms with E-state index in [1.165, 1.54) is 12.1 Å². The molecule has 106 valence electrons. The van der Waals surface area contributed by atoms with Gasteiger partial charge in [-0.15, -0.1) is 0 Å². The average Bonchev–Trinajstić information content (AvgIpc) is 2.82. The Balaban J connectivity index is 1.83. The molecule has 0 spiro atoms. The smallest absolute Gasteiger partial charge is 0.335 e. The van der Waals surface area contributed by atoms with Crippen LogP contribution in [-0.4, -0.2) is 28.1 Å². The largest absolute Gasteiger partial charge is 0.478 e. The summed E-state index contributed by atoms with van der Waals surface area (Å²) in [6, 6.07) is 5.32. The van der Waals surface area contributed by atoms with E-state index < -0.39 is 5.97 Å².